The number of amides is 1. The van der Waals surface area contributed by atoms with Crippen LogP contribution in [-0.2, 0) is 12.6 Å². The summed E-state index contributed by atoms with van der Waals surface area (Å²) in [4.78, 5) is 18.4. The van der Waals surface area contributed by atoms with E-state index in [1.54, 1.807) is 23.3 Å². The van der Waals surface area contributed by atoms with Crippen LogP contribution in [-0.4, -0.2) is 34.8 Å². The van der Waals surface area contributed by atoms with Crippen molar-refractivity contribution in [1.29, 1.82) is 0 Å². The fourth-order valence-electron chi connectivity index (χ4n) is 1.97. The van der Waals surface area contributed by atoms with E-state index >= 15 is 0 Å². The first-order chi connectivity index (χ1) is 9.79. The average molecular weight is 287 g/mol. The van der Waals surface area contributed by atoms with E-state index in [1.165, 1.54) is 0 Å². The van der Waals surface area contributed by atoms with Crippen molar-refractivity contribution >= 4 is 11.6 Å². The van der Waals surface area contributed by atoms with E-state index in [1.807, 2.05) is 52.2 Å². The van der Waals surface area contributed by atoms with Crippen molar-refractivity contribution < 1.29 is 4.79 Å². The zero-order chi connectivity index (χ0) is 15.6. The summed E-state index contributed by atoms with van der Waals surface area (Å²) in [6.07, 6.45) is 6.95. The van der Waals surface area contributed by atoms with Crippen LogP contribution in [0.2, 0.25) is 0 Å². The van der Waals surface area contributed by atoms with Crippen molar-refractivity contribution in [2.24, 2.45) is 7.05 Å². The number of carbonyl (C=O) groups excluding carboxylic acids is 1. The lowest BCUT2D eigenvalue weighted by atomic mass is 9.97. The molecule has 0 saturated carbocycles. The molecular formula is C15H21N5O. The first-order valence-corrected chi connectivity index (χ1v) is 6.73. The number of anilines is 1. The second-order valence-electron chi connectivity index (χ2n) is 5.81. The van der Waals surface area contributed by atoms with Gasteiger partial charge in [-0.1, -0.05) is 0 Å². The van der Waals surface area contributed by atoms with Crippen molar-refractivity contribution in [2.45, 2.75) is 19.4 Å². The number of carbonyl (C=O) groups is 1. The van der Waals surface area contributed by atoms with Crippen molar-refractivity contribution in [3.05, 3.63) is 42.0 Å². The quantitative estimate of drug-likeness (QED) is 0.926. The van der Waals surface area contributed by atoms with Crippen LogP contribution >= 0.6 is 0 Å². The standard InChI is InChI=1S/C15H21N5O/c1-15(2,12-8-17-20(5)10-12)18-14(21)11-6-13(19(3)4)9-16-7-11/h6-10H,1-5H3,(H,18,21). The molecular weight excluding hydrogens is 266 g/mol. The molecule has 0 saturated heterocycles. The predicted octanol–water partition coefficient (Wildman–Crippen LogP) is 1.55. The summed E-state index contributed by atoms with van der Waals surface area (Å²) in [5, 5.41) is 7.16. The van der Waals surface area contributed by atoms with E-state index in [4.69, 9.17) is 0 Å². The van der Waals surface area contributed by atoms with Gasteiger partial charge < -0.3 is 10.2 Å². The number of hydrogen-bond donors (Lipinski definition) is 1. The lowest BCUT2D eigenvalue weighted by Gasteiger charge is -2.25. The van der Waals surface area contributed by atoms with E-state index in [-0.39, 0.29) is 5.91 Å². The van der Waals surface area contributed by atoms with Gasteiger partial charge in [-0.3, -0.25) is 14.5 Å². The lowest BCUT2D eigenvalue weighted by molar-refractivity contribution is 0.0911. The van der Waals surface area contributed by atoms with Gasteiger partial charge in [-0.2, -0.15) is 5.10 Å². The number of rotatable bonds is 4. The largest absolute Gasteiger partial charge is 0.376 e. The molecule has 1 amide bonds. The SMILES string of the molecule is CN(C)c1cncc(C(=O)NC(C)(C)c2cnn(C)c2)c1. The molecule has 112 valence electrons. The van der Waals surface area contributed by atoms with Gasteiger partial charge in [0.15, 0.2) is 0 Å². The molecule has 2 aromatic rings. The minimum absolute atomic E-state index is 0.153. The van der Waals surface area contributed by atoms with E-state index in [0.29, 0.717) is 5.56 Å². The molecule has 0 aromatic carbocycles. The number of aromatic nitrogens is 3. The van der Waals surface area contributed by atoms with E-state index in [9.17, 15) is 4.79 Å². The summed E-state index contributed by atoms with van der Waals surface area (Å²) in [7, 11) is 5.68. The number of aryl methyl sites for hydroxylation is 1. The number of nitrogens with zero attached hydrogens (tertiary/aromatic N) is 4. The summed E-state index contributed by atoms with van der Waals surface area (Å²) in [6, 6.07) is 1.82. The van der Waals surface area contributed by atoms with Gasteiger partial charge in [0.05, 0.1) is 29.2 Å². The maximum atomic E-state index is 12.4. The summed E-state index contributed by atoms with van der Waals surface area (Å²) in [6.45, 7) is 3.90. The van der Waals surface area contributed by atoms with Gasteiger partial charge in [0.25, 0.3) is 5.91 Å². The summed E-state index contributed by atoms with van der Waals surface area (Å²) in [5.41, 5.74) is 1.88. The molecule has 21 heavy (non-hydrogen) atoms. The van der Waals surface area contributed by atoms with E-state index in [0.717, 1.165) is 11.3 Å². The fraction of sp³-hybridized carbons (Fsp3) is 0.400. The Morgan fingerprint density at radius 1 is 1.29 bits per heavy atom. The van der Waals surface area contributed by atoms with Crippen LogP contribution in [0, 0.1) is 0 Å². The summed E-state index contributed by atoms with van der Waals surface area (Å²) in [5.74, 6) is -0.153. The van der Waals surface area contributed by atoms with Crippen LogP contribution in [0.3, 0.4) is 0 Å². The summed E-state index contributed by atoms with van der Waals surface area (Å²) < 4.78 is 1.72. The third kappa shape index (κ3) is 3.39. The van der Waals surface area contributed by atoms with E-state index in [2.05, 4.69) is 15.4 Å². The van der Waals surface area contributed by atoms with Crippen LogP contribution in [0.1, 0.15) is 29.8 Å². The predicted molar refractivity (Wildman–Crippen MR) is 82.3 cm³/mol. The molecule has 0 aliphatic carbocycles. The minimum atomic E-state index is -0.501. The Bertz CT molecular complexity index is 645. The summed E-state index contributed by atoms with van der Waals surface area (Å²) >= 11 is 0. The first-order valence-electron chi connectivity index (χ1n) is 6.73. The van der Waals surface area contributed by atoms with Crippen LogP contribution in [0.25, 0.3) is 0 Å². The maximum absolute atomic E-state index is 12.4. The van der Waals surface area contributed by atoms with E-state index < -0.39 is 5.54 Å². The molecule has 0 aliphatic heterocycles. The molecule has 0 fully saturated rings. The highest BCUT2D eigenvalue weighted by Crippen LogP contribution is 2.20. The zero-order valence-electron chi connectivity index (χ0n) is 13.1. The number of hydrogen-bond acceptors (Lipinski definition) is 4. The normalized spacial score (nSPS) is 11.3. The van der Waals surface area contributed by atoms with Gasteiger partial charge in [-0.25, -0.2) is 0 Å². The fourth-order valence-corrected chi connectivity index (χ4v) is 1.97. The zero-order valence-corrected chi connectivity index (χ0v) is 13.1. The minimum Gasteiger partial charge on any atom is -0.376 e. The topological polar surface area (TPSA) is 63.1 Å². The molecule has 2 rings (SSSR count). The van der Waals surface area contributed by atoms with Gasteiger partial charge in [0.1, 0.15) is 0 Å². The van der Waals surface area contributed by atoms with Crippen LogP contribution in [0.15, 0.2) is 30.9 Å². The Morgan fingerprint density at radius 2 is 2.00 bits per heavy atom. The Hall–Kier alpha value is -2.37. The number of pyridine rings is 1. The van der Waals surface area contributed by atoms with Gasteiger partial charge in [-0.15, -0.1) is 0 Å². The average Bonchev–Trinajstić information content (AvgIpc) is 2.86. The van der Waals surface area contributed by atoms with Gasteiger partial charge in [0, 0.05) is 39.1 Å². The van der Waals surface area contributed by atoms with Crippen molar-refractivity contribution in [1.82, 2.24) is 20.1 Å². The highest BCUT2D eigenvalue weighted by atomic mass is 16.1. The molecule has 0 unspecified atom stereocenters. The first kappa shape index (κ1) is 15.0. The maximum Gasteiger partial charge on any atom is 0.253 e. The molecule has 2 aromatic heterocycles. The molecule has 1 N–H and O–H groups in total. The molecule has 6 nitrogen and oxygen atoms in total. The van der Waals surface area contributed by atoms with Gasteiger partial charge >= 0.3 is 0 Å². The lowest BCUT2D eigenvalue weighted by Crippen LogP contribution is -2.40. The molecule has 0 radical (unpaired) electrons. The van der Waals surface area contributed by atoms with Crippen LogP contribution in [0.4, 0.5) is 5.69 Å². The van der Waals surface area contributed by atoms with Crippen molar-refractivity contribution in [3.63, 3.8) is 0 Å². The molecule has 0 bridgehead atoms. The van der Waals surface area contributed by atoms with Crippen LogP contribution < -0.4 is 10.2 Å². The third-order valence-electron chi connectivity index (χ3n) is 3.35. The van der Waals surface area contributed by atoms with Crippen LogP contribution in [0.5, 0.6) is 0 Å². The second-order valence-corrected chi connectivity index (χ2v) is 5.81. The van der Waals surface area contributed by atoms with Crippen molar-refractivity contribution in [2.75, 3.05) is 19.0 Å². The Morgan fingerprint density at radius 3 is 2.57 bits per heavy atom. The highest BCUT2D eigenvalue weighted by Gasteiger charge is 2.25. The Balaban J connectivity index is 2.19. The molecule has 6 heteroatoms. The molecule has 0 aliphatic rings. The molecule has 0 spiro atoms. The Labute approximate surface area is 124 Å². The van der Waals surface area contributed by atoms with Gasteiger partial charge in [0.2, 0.25) is 0 Å². The Kier molecular flexibility index (Phi) is 3.97. The molecule has 0 atom stereocenters. The smallest absolute Gasteiger partial charge is 0.253 e. The van der Waals surface area contributed by atoms with Gasteiger partial charge in [-0.05, 0) is 19.9 Å². The monoisotopic (exact) mass is 287 g/mol. The van der Waals surface area contributed by atoms with Crippen molar-refractivity contribution in [3.8, 4) is 0 Å². The second kappa shape index (κ2) is 5.55. The third-order valence-corrected chi connectivity index (χ3v) is 3.35. The highest BCUT2D eigenvalue weighted by molar-refractivity contribution is 5.95. The number of nitrogens with one attached hydrogen (secondary N) is 1. The molecule has 2 heterocycles.